The van der Waals surface area contributed by atoms with Crippen LogP contribution in [-0.4, -0.2) is 55.9 Å². The highest BCUT2D eigenvalue weighted by atomic mass is 28.4. The zero-order chi connectivity index (χ0) is 28.5. The van der Waals surface area contributed by atoms with E-state index in [1.54, 1.807) is 6.08 Å². The van der Waals surface area contributed by atoms with Crippen LogP contribution in [0.2, 0.25) is 18.1 Å². The van der Waals surface area contributed by atoms with Crippen LogP contribution in [0.3, 0.4) is 0 Å². The van der Waals surface area contributed by atoms with Crippen molar-refractivity contribution >= 4 is 26.0 Å². The van der Waals surface area contributed by atoms with Gasteiger partial charge in [0.05, 0.1) is 0 Å². The molecule has 210 valence electrons. The van der Waals surface area contributed by atoms with Gasteiger partial charge in [0.25, 0.3) is 5.91 Å². The lowest BCUT2D eigenvalue weighted by molar-refractivity contribution is -0.525. The zero-order valence-corrected chi connectivity index (χ0v) is 25.3. The molecule has 8 nitrogen and oxygen atoms in total. The van der Waals surface area contributed by atoms with E-state index in [0.717, 1.165) is 11.3 Å². The Morgan fingerprint density at radius 2 is 1.97 bits per heavy atom. The minimum absolute atomic E-state index is 0.0522. The summed E-state index contributed by atoms with van der Waals surface area (Å²) in [6.45, 7) is 19.5. The molecule has 1 aliphatic rings. The molecule has 0 spiro atoms. The molecule has 3 amide bonds. The maximum atomic E-state index is 13.6. The predicted octanol–water partition coefficient (Wildman–Crippen LogP) is 4.99. The van der Waals surface area contributed by atoms with Crippen LogP contribution in [0.15, 0.2) is 42.0 Å². The smallest absolute Gasteiger partial charge is 0.434 e. The number of nitrogens with zero attached hydrogens (tertiary/aromatic N) is 2. The van der Waals surface area contributed by atoms with Gasteiger partial charge in [-0.25, -0.2) is 4.79 Å². The van der Waals surface area contributed by atoms with Gasteiger partial charge in [-0.1, -0.05) is 57.5 Å². The van der Waals surface area contributed by atoms with E-state index < -0.39 is 20.4 Å². The average Bonchev–Trinajstić information content (AvgIpc) is 2.82. The maximum absolute atomic E-state index is 13.6. The summed E-state index contributed by atoms with van der Waals surface area (Å²) < 4.78 is 7.84. The highest BCUT2D eigenvalue weighted by Crippen LogP contribution is 2.37. The number of benzene rings is 1. The minimum atomic E-state index is -2.04. The van der Waals surface area contributed by atoms with Crippen LogP contribution in [0.1, 0.15) is 65.9 Å². The van der Waals surface area contributed by atoms with Gasteiger partial charge in [0.15, 0.2) is 18.6 Å². The molecule has 0 bridgehead atoms. The molecule has 1 aromatic rings. The molecule has 2 N–H and O–H groups in total. The molecule has 0 aromatic heterocycles. The molecule has 0 fully saturated rings. The van der Waals surface area contributed by atoms with Crippen molar-refractivity contribution in [2.75, 3.05) is 13.1 Å². The number of nitrogens with one attached hydrogen (secondary N) is 2. The Hall–Kier alpha value is -2.81. The Labute approximate surface area is 229 Å². The third kappa shape index (κ3) is 9.49. The highest BCUT2D eigenvalue weighted by molar-refractivity contribution is 6.74. The third-order valence-corrected chi connectivity index (χ3v) is 11.4. The highest BCUT2D eigenvalue weighted by Gasteiger charge is 2.39. The van der Waals surface area contributed by atoms with E-state index in [0.29, 0.717) is 45.2 Å². The second kappa shape index (κ2) is 13.8. The van der Waals surface area contributed by atoms with Crippen molar-refractivity contribution in [3.05, 3.63) is 42.5 Å². The Kier molecular flexibility index (Phi) is 11.4. The fourth-order valence-electron chi connectivity index (χ4n) is 3.91. The van der Waals surface area contributed by atoms with Crippen molar-refractivity contribution in [2.24, 2.45) is 11.0 Å². The van der Waals surface area contributed by atoms with Crippen molar-refractivity contribution in [3.8, 4) is 5.75 Å². The molecule has 0 aliphatic carbocycles. The van der Waals surface area contributed by atoms with Crippen LogP contribution in [0, 0.1) is 5.92 Å². The normalized spacial score (nSPS) is 16.8. The van der Waals surface area contributed by atoms with E-state index in [1.807, 2.05) is 38.1 Å². The molecule has 1 heterocycles. The van der Waals surface area contributed by atoms with Gasteiger partial charge >= 0.3 is 5.91 Å². The molecule has 0 radical (unpaired) electrons. The Morgan fingerprint density at radius 1 is 1.26 bits per heavy atom. The summed E-state index contributed by atoms with van der Waals surface area (Å²) in [6, 6.07) is 6.34. The van der Waals surface area contributed by atoms with E-state index in [-0.39, 0.29) is 28.7 Å². The quantitative estimate of drug-likeness (QED) is 0.168. The van der Waals surface area contributed by atoms with Gasteiger partial charge in [0, 0.05) is 25.8 Å². The van der Waals surface area contributed by atoms with Crippen LogP contribution in [0.5, 0.6) is 5.75 Å². The van der Waals surface area contributed by atoms with Gasteiger partial charge in [-0.15, -0.1) is 6.58 Å². The van der Waals surface area contributed by atoms with Crippen molar-refractivity contribution in [2.45, 2.75) is 96.9 Å². The predicted molar refractivity (Wildman–Crippen MR) is 153 cm³/mol. The molecule has 9 heteroatoms. The van der Waals surface area contributed by atoms with Gasteiger partial charge < -0.3 is 15.1 Å². The monoisotopic (exact) mass is 543 g/mol. The number of hydrogen-bond donors (Lipinski definition) is 2. The summed E-state index contributed by atoms with van der Waals surface area (Å²) in [4.78, 5) is 38.9. The molecule has 2 atom stereocenters. The van der Waals surface area contributed by atoms with Gasteiger partial charge in [0.2, 0.25) is 14.2 Å². The second-order valence-corrected chi connectivity index (χ2v) is 16.8. The number of azo groups is 2. The van der Waals surface area contributed by atoms with Crippen molar-refractivity contribution in [1.29, 1.82) is 0 Å². The number of carbonyl (C=O) groups is 3. The van der Waals surface area contributed by atoms with Crippen LogP contribution in [0.25, 0.3) is 0 Å². The number of rotatable bonds is 12. The van der Waals surface area contributed by atoms with Crippen molar-refractivity contribution < 1.29 is 23.5 Å². The molecule has 2 rings (SSSR count). The summed E-state index contributed by atoms with van der Waals surface area (Å²) in [6.07, 6.45) is 4.29. The fraction of sp³-hybridized carbons (Fsp3) is 0.621. The van der Waals surface area contributed by atoms with E-state index in [4.69, 9.17) is 4.43 Å². The first-order valence-corrected chi connectivity index (χ1v) is 16.6. The molecule has 38 heavy (non-hydrogen) atoms. The Morgan fingerprint density at radius 3 is 2.61 bits per heavy atom. The summed E-state index contributed by atoms with van der Waals surface area (Å²) in [5.74, 6) is 0.257. The Balaban J connectivity index is 2.27. The van der Waals surface area contributed by atoms with Crippen LogP contribution < -0.4 is 15.1 Å². The van der Waals surface area contributed by atoms with Crippen LogP contribution >= 0.6 is 0 Å². The van der Waals surface area contributed by atoms with Crippen LogP contribution in [-0.2, 0) is 20.8 Å². The minimum Gasteiger partial charge on any atom is -0.543 e. The van der Waals surface area contributed by atoms with E-state index in [2.05, 4.69) is 56.2 Å². The molecular formula is C29H47N4O4Si+. The Bertz CT molecular complexity index is 1030. The molecule has 0 unspecified atom stereocenters. The van der Waals surface area contributed by atoms with Gasteiger partial charge in [-0.05, 0) is 59.7 Å². The molecular weight excluding hydrogens is 496 g/mol. The molecule has 0 saturated carbocycles. The van der Waals surface area contributed by atoms with Gasteiger partial charge in [0.1, 0.15) is 5.75 Å². The maximum Gasteiger partial charge on any atom is 0.434 e. The third-order valence-electron chi connectivity index (χ3n) is 7.08. The van der Waals surface area contributed by atoms with Crippen molar-refractivity contribution in [1.82, 2.24) is 10.6 Å². The SMILES string of the molecule is C=CCCNC(=O)[C@@H]1CCC[N+](C(=O)[C@H](Cc2cccc(O[Si](C)(C)C(C)(C)C)c2)NC(=O)CC(C)C)=N1. The summed E-state index contributed by atoms with van der Waals surface area (Å²) in [5, 5.41) is 10.3. The number of amides is 3. The van der Waals surface area contributed by atoms with Gasteiger partial charge in [-0.2, -0.15) is 0 Å². The van der Waals surface area contributed by atoms with Gasteiger partial charge in [-0.3, -0.25) is 9.59 Å². The van der Waals surface area contributed by atoms with Crippen LogP contribution in [0.4, 0.5) is 0 Å². The molecule has 0 saturated heterocycles. The average molecular weight is 544 g/mol. The van der Waals surface area contributed by atoms with E-state index in [1.165, 1.54) is 4.70 Å². The summed E-state index contributed by atoms with van der Waals surface area (Å²) in [7, 11) is -2.04. The lowest BCUT2D eigenvalue weighted by atomic mass is 10.0. The largest absolute Gasteiger partial charge is 0.543 e. The molecule has 1 aliphatic heterocycles. The molecule has 1 aromatic carbocycles. The zero-order valence-electron chi connectivity index (χ0n) is 24.3. The second-order valence-electron chi connectivity index (χ2n) is 12.0. The lowest BCUT2D eigenvalue weighted by Gasteiger charge is -2.36. The number of hydrogen-bond acceptors (Lipinski definition) is 5. The topological polar surface area (TPSA) is 99.9 Å². The first kappa shape index (κ1) is 31.4. The van der Waals surface area contributed by atoms with E-state index >= 15 is 0 Å². The first-order valence-electron chi connectivity index (χ1n) is 13.7. The summed E-state index contributed by atoms with van der Waals surface area (Å²) >= 11 is 0. The first-order chi connectivity index (χ1) is 17.7. The van der Waals surface area contributed by atoms with E-state index in [9.17, 15) is 14.4 Å². The summed E-state index contributed by atoms with van der Waals surface area (Å²) in [5.41, 5.74) is 0.889. The standard InChI is InChI=1S/C29H46N4O4Si/c1-9-10-16-30-27(35)24-15-12-17-33(32-24)28(36)25(31-26(34)18-21(2)3)20-22-13-11-14-23(19-22)37-38(7,8)29(4,5)6/h9,11,13-14,19,21,24-25H,1,10,12,15-18,20H2,2-8H3,(H-,30,31,34,35)/p+1/t24-,25-/m0/s1. The van der Waals surface area contributed by atoms with Crippen molar-refractivity contribution in [3.63, 3.8) is 0 Å². The number of carbonyl (C=O) groups excluding carboxylic acids is 3. The fourth-order valence-corrected chi connectivity index (χ4v) is 4.93. The lowest BCUT2D eigenvalue weighted by Crippen LogP contribution is -2.48.